The third-order valence-electron chi connectivity index (χ3n) is 9.00. The van der Waals surface area contributed by atoms with Crippen LogP contribution in [0.3, 0.4) is 0 Å². The lowest BCUT2D eigenvalue weighted by Crippen LogP contribution is -2.52. The van der Waals surface area contributed by atoms with E-state index in [0.29, 0.717) is 0 Å². The molecule has 8 aromatic rings. The van der Waals surface area contributed by atoms with Gasteiger partial charge in [-0.1, -0.05) is 133 Å². The van der Waals surface area contributed by atoms with Gasteiger partial charge in [-0.25, -0.2) is 0 Å². The van der Waals surface area contributed by atoms with Crippen molar-refractivity contribution >= 4 is 44.9 Å². The van der Waals surface area contributed by atoms with Crippen LogP contribution in [0.25, 0.3) is 55.7 Å². The van der Waals surface area contributed by atoms with Crippen molar-refractivity contribution in [2.75, 3.05) is 0 Å². The standard InChI is InChI=1S/C40H27BN2/c1-4-16-28(17-5-1)41-37-33-24-12-14-26-35(33)42(29-18-6-2-7-19-29)39(37)31-22-10-11-23-32(31)40-38(41)34-25-13-15-27-36(34)43(40)30-20-8-3-9-21-30/h1-27H. The second kappa shape index (κ2) is 9.50. The predicted octanol–water partition coefficient (Wildman–Crippen LogP) is 7.74. The summed E-state index contributed by atoms with van der Waals surface area (Å²) in [5, 5.41) is 2.57. The average molecular weight is 546 g/mol. The quantitative estimate of drug-likeness (QED) is 0.201. The monoisotopic (exact) mass is 546 g/mol. The molecule has 0 fully saturated rings. The summed E-state index contributed by atoms with van der Waals surface area (Å²) in [6.45, 7) is 0.0170. The fourth-order valence-corrected chi connectivity index (χ4v) is 7.35. The molecular formula is C40H27BN2. The molecule has 1 aliphatic rings. The normalized spacial score (nSPS) is 12.1. The van der Waals surface area contributed by atoms with Crippen molar-refractivity contribution in [3.05, 3.63) is 164 Å². The Morgan fingerprint density at radius 2 is 0.721 bits per heavy atom. The lowest BCUT2D eigenvalue weighted by Gasteiger charge is -2.17. The first-order valence-corrected chi connectivity index (χ1v) is 14.9. The highest BCUT2D eigenvalue weighted by Gasteiger charge is 2.39. The van der Waals surface area contributed by atoms with Gasteiger partial charge in [0.05, 0.1) is 22.4 Å². The molecule has 9 rings (SSSR count). The van der Waals surface area contributed by atoms with Crippen molar-refractivity contribution in [1.82, 2.24) is 9.13 Å². The molecule has 0 atom stereocenters. The Labute approximate surface area is 251 Å². The van der Waals surface area contributed by atoms with E-state index in [1.807, 2.05) is 0 Å². The molecule has 2 aromatic heterocycles. The number of nitrogens with zero attached hydrogens (tertiary/aromatic N) is 2. The maximum atomic E-state index is 2.49. The first-order valence-electron chi connectivity index (χ1n) is 14.9. The molecule has 0 spiro atoms. The first kappa shape index (κ1) is 24.1. The largest absolute Gasteiger partial charge is 0.310 e. The summed E-state index contributed by atoms with van der Waals surface area (Å²) < 4.78 is 4.97. The van der Waals surface area contributed by atoms with Gasteiger partial charge in [0.25, 0.3) is 0 Å². The Bertz CT molecular complexity index is 2130. The Morgan fingerprint density at radius 1 is 0.349 bits per heavy atom. The Balaban J connectivity index is 1.55. The van der Waals surface area contributed by atoms with Crippen molar-refractivity contribution in [2.45, 2.75) is 0 Å². The molecule has 0 aliphatic carbocycles. The van der Waals surface area contributed by atoms with E-state index in [0.717, 1.165) is 0 Å². The summed E-state index contributed by atoms with van der Waals surface area (Å²) in [6.07, 6.45) is 0. The first-order chi connectivity index (χ1) is 21.4. The second-order valence-corrected chi connectivity index (χ2v) is 11.3. The number of aromatic nitrogens is 2. The molecular weight excluding hydrogens is 519 g/mol. The van der Waals surface area contributed by atoms with Crippen LogP contribution in [-0.2, 0) is 0 Å². The van der Waals surface area contributed by atoms with Gasteiger partial charge in [-0.2, -0.15) is 0 Å². The Morgan fingerprint density at radius 3 is 1.19 bits per heavy atom. The van der Waals surface area contributed by atoms with Gasteiger partial charge < -0.3 is 9.13 Å². The lowest BCUT2D eigenvalue weighted by atomic mass is 9.36. The maximum absolute atomic E-state index is 2.49. The predicted molar refractivity (Wildman–Crippen MR) is 182 cm³/mol. The van der Waals surface area contributed by atoms with Crippen LogP contribution in [0.5, 0.6) is 0 Å². The van der Waals surface area contributed by atoms with Gasteiger partial charge in [-0.3, -0.25) is 0 Å². The van der Waals surface area contributed by atoms with E-state index in [9.17, 15) is 0 Å². The van der Waals surface area contributed by atoms with Crippen molar-refractivity contribution in [3.8, 4) is 33.9 Å². The van der Waals surface area contributed by atoms with Crippen LogP contribution in [0.1, 0.15) is 0 Å². The molecule has 3 heterocycles. The van der Waals surface area contributed by atoms with E-state index in [1.165, 1.54) is 72.1 Å². The van der Waals surface area contributed by atoms with Crippen LogP contribution in [-0.4, -0.2) is 15.8 Å². The maximum Gasteiger partial charge on any atom is 0.248 e. The third-order valence-corrected chi connectivity index (χ3v) is 9.00. The van der Waals surface area contributed by atoms with Gasteiger partial charge in [-0.15, -0.1) is 0 Å². The van der Waals surface area contributed by atoms with E-state index in [2.05, 4.69) is 173 Å². The number of hydrogen-bond acceptors (Lipinski definition) is 0. The van der Waals surface area contributed by atoms with Gasteiger partial charge in [0, 0.05) is 22.5 Å². The molecule has 43 heavy (non-hydrogen) atoms. The number of para-hydroxylation sites is 4. The summed E-state index contributed by atoms with van der Waals surface area (Å²) in [5.41, 5.74) is 13.8. The van der Waals surface area contributed by atoms with E-state index < -0.39 is 0 Å². The topological polar surface area (TPSA) is 9.86 Å². The molecule has 2 nitrogen and oxygen atoms in total. The van der Waals surface area contributed by atoms with Crippen LogP contribution in [0.2, 0.25) is 0 Å². The molecule has 0 saturated carbocycles. The Hall–Kier alpha value is -5.54. The highest BCUT2D eigenvalue weighted by atomic mass is 15.0. The number of benzene rings is 6. The summed E-state index contributed by atoms with van der Waals surface area (Å²) in [5.74, 6) is 0. The van der Waals surface area contributed by atoms with Gasteiger partial charge in [0.1, 0.15) is 0 Å². The van der Waals surface area contributed by atoms with Crippen LogP contribution in [0.15, 0.2) is 164 Å². The smallest absolute Gasteiger partial charge is 0.248 e. The third kappa shape index (κ3) is 3.49. The van der Waals surface area contributed by atoms with Crippen LogP contribution < -0.4 is 16.4 Å². The molecule has 0 saturated heterocycles. The Kier molecular flexibility index (Phi) is 5.33. The molecule has 0 bridgehead atoms. The van der Waals surface area contributed by atoms with E-state index >= 15 is 0 Å². The molecule has 1 aliphatic heterocycles. The van der Waals surface area contributed by atoms with Crippen molar-refractivity contribution in [3.63, 3.8) is 0 Å². The number of rotatable bonds is 3. The lowest BCUT2D eigenvalue weighted by molar-refractivity contribution is 1.13. The zero-order chi connectivity index (χ0) is 28.3. The van der Waals surface area contributed by atoms with Gasteiger partial charge >= 0.3 is 0 Å². The van der Waals surface area contributed by atoms with Crippen LogP contribution >= 0.6 is 0 Å². The van der Waals surface area contributed by atoms with Gasteiger partial charge in [0.2, 0.25) is 6.71 Å². The van der Waals surface area contributed by atoms with Crippen LogP contribution in [0.4, 0.5) is 0 Å². The fourth-order valence-electron chi connectivity index (χ4n) is 7.35. The highest BCUT2D eigenvalue weighted by Crippen LogP contribution is 2.41. The summed E-state index contributed by atoms with van der Waals surface area (Å²) in [4.78, 5) is 0. The zero-order valence-electron chi connectivity index (χ0n) is 23.6. The van der Waals surface area contributed by atoms with Crippen molar-refractivity contribution in [1.29, 1.82) is 0 Å². The summed E-state index contributed by atoms with van der Waals surface area (Å²) >= 11 is 0. The van der Waals surface area contributed by atoms with Crippen molar-refractivity contribution in [2.24, 2.45) is 0 Å². The molecule has 0 N–H and O–H groups in total. The average Bonchev–Trinajstić information content (AvgIpc) is 3.56. The van der Waals surface area contributed by atoms with E-state index in [4.69, 9.17) is 0 Å². The van der Waals surface area contributed by atoms with E-state index in [1.54, 1.807) is 0 Å². The molecule has 0 amide bonds. The molecule has 0 radical (unpaired) electrons. The van der Waals surface area contributed by atoms with Gasteiger partial charge in [-0.05, 0) is 58.1 Å². The SMILES string of the molecule is c1ccc(B2c3c(n(-c4ccccc4)c4ccccc34)-c3ccccc3-c3c2c2ccccc2n3-c2ccccc2)cc1. The van der Waals surface area contributed by atoms with Crippen LogP contribution in [0, 0.1) is 0 Å². The van der Waals surface area contributed by atoms with Gasteiger partial charge in [0.15, 0.2) is 0 Å². The minimum Gasteiger partial charge on any atom is -0.310 e. The number of hydrogen-bond donors (Lipinski definition) is 0. The molecule has 3 heteroatoms. The summed E-state index contributed by atoms with van der Waals surface area (Å²) in [6, 6.07) is 59.6. The fraction of sp³-hybridized carbons (Fsp3) is 0. The highest BCUT2D eigenvalue weighted by molar-refractivity contribution is 7.00. The number of fused-ring (bicyclic) bond motifs is 9. The minimum atomic E-state index is 0.0170. The van der Waals surface area contributed by atoms with E-state index in [-0.39, 0.29) is 6.71 Å². The molecule has 0 unspecified atom stereocenters. The van der Waals surface area contributed by atoms with Crippen molar-refractivity contribution < 1.29 is 0 Å². The second-order valence-electron chi connectivity index (χ2n) is 11.3. The molecule has 6 aromatic carbocycles. The zero-order valence-corrected chi connectivity index (χ0v) is 23.6. The summed E-state index contributed by atoms with van der Waals surface area (Å²) in [7, 11) is 0. The molecule has 200 valence electrons. The minimum absolute atomic E-state index is 0.0170.